The molecule has 0 atom stereocenters. The van der Waals surface area contributed by atoms with Crippen LogP contribution in [0, 0.1) is 5.82 Å². The predicted octanol–water partition coefficient (Wildman–Crippen LogP) is 5.47. The molecule has 0 saturated heterocycles. The molecular formula is C28H34FN5O5S2. The quantitative estimate of drug-likeness (QED) is 0.268. The molecule has 3 amide bonds. The van der Waals surface area contributed by atoms with E-state index in [1.165, 1.54) is 29.5 Å². The van der Waals surface area contributed by atoms with Gasteiger partial charge < -0.3 is 21.1 Å². The third kappa shape index (κ3) is 8.47. The minimum atomic E-state index is -3.99. The number of amides is 3. The highest BCUT2D eigenvalue weighted by atomic mass is 32.2. The van der Waals surface area contributed by atoms with Crippen LogP contribution in [0.15, 0.2) is 53.6 Å². The first-order valence-electron chi connectivity index (χ1n) is 13.2. The molecule has 13 heteroatoms. The zero-order chi connectivity index (χ0) is 29.8. The smallest absolute Gasteiger partial charge is 0.404 e. The van der Waals surface area contributed by atoms with Crippen LogP contribution >= 0.6 is 11.3 Å². The van der Waals surface area contributed by atoms with Gasteiger partial charge in [-0.2, -0.15) is 0 Å². The molecule has 41 heavy (non-hydrogen) atoms. The number of hydrogen-bond acceptors (Lipinski definition) is 7. The Morgan fingerprint density at radius 3 is 2.41 bits per heavy atom. The third-order valence-electron chi connectivity index (χ3n) is 6.43. The van der Waals surface area contributed by atoms with Crippen molar-refractivity contribution in [1.82, 2.24) is 15.0 Å². The number of nitrogens with zero attached hydrogens (tertiary/aromatic N) is 1. The molecule has 4 rings (SSSR count). The number of thiazole rings is 1. The van der Waals surface area contributed by atoms with Gasteiger partial charge in [-0.25, -0.2) is 32.1 Å². The lowest BCUT2D eigenvalue weighted by Gasteiger charge is -2.26. The first-order chi connectivity index (χ1) is 19.3. The van der Waals surface area contributed by atoms with Gasteiger partial charge in [0.1, 0.15) is 11.9 Å². The molecule has 220 valence electrons. The fourth-order valence-electron chi connectivity index (χ4n) is 4.64. The standard InChI is InChI=1S/C28H34FN5O5S2/c1-28(2,3)34-41(37,38)24-14-20(33-27(36)32-15-17-4-8-19(29)9-5-17)10-13-22(24)23-16-31-25(40-23)18-6-11-21(12-7-18)39-26(30)35/h4-5,8-10,13-14,16,18,21,34H,6-7,11-12,15H2,1-3H3,(H2,30,35)(H2,32,33,36). The number of anilines is 1. The van der Waals surface area contributed by atoms with Crippen molar-refractivity contribution in [1.29, 1.82) is 0 Å². The van der Waals surface area contributed by atoms with Gasteiger partial charge in [0, 0.05) is 35.4 Å². The molecule has 0 aliphatic heterocycles. The third-order valence-corrected chi connectivity index (χ3v) is 9.42. The maximum absolute atomic E-state index is 13.5. The molecule has 1 aromatic heterocycles. The van der Waals surface area contributed by atoms with Crippen LogP contribution in [0.2, 0.25) is 0 Å². The van der Waals surface area contributed by atoms with Gasteiger partial charge in [0.25, 0.3) is 0 Å². The van der Waals surface area contributed by atoms with E-state index in [0.717, 1.165) is 17.8 Å². The van der Waals surface area contributed by atoms with Gasteiger partial charge in [-0.15, -0.1) is 11.3 Å². The predicted molar refractivity (Wildman–Crippen MR) is 156 cm³/mol. The van der Waals surface area contributed by atoms with E-state index in [2.05, 4.69) is 20.3 Å². The number of nitrogens with two attached hydrogens (primary N) is 1. The van der Waals surface area contributed by atoms with E-state index < -0.39 is 27.7 Å². The number of rotatable bonds is 8. The van der Waals surface area contributed by atoms with Crippen molar-refractivity contribution in [3.63, 3.8) is 0 Å². The van der Waals surface area contributed by atoms with Gasteiger partial charge >= 0.3 is 12.1 Å². The Bertz CT molecular complexity index is 1490. The summed E-state index contributed by atoms with van der Waals surface area (Å²) in [5, 5.41) is 6.24. The Hall–Kier alpha value is -3.55. The highest BCUT2D eigenvalue weighted by Gasteiger charge is 2.29. The topological polar surface area (TPSA) is 153 Å². The van der Waals surface area contributed by atoms with E-state index in [1.54, 1.807) is 51.2 Å². The lowest BCUT2D eigenvalue weighted by Crippen LogP contribution is -2.40. The Labute approximate surface area is 242 Å². The Balaban J connectivity index is 1.55. The molecule has 1 saturated carbocycles. The summed E-state index contributed by atoms with van der Waals surface area (Å²) in [6, 6.07) is 9.92. The minimum Gasteiger partial charge on any atom is -0.446 e. The number of urea groups is 1. The Morgan fingerprint density at radius 2 is 1.78 bits per heavy atom. The average molecular weight is 604 g/mol. The van der Waals surface area contributed by atoms with Crippen molar-refractivity contribution in [3.05, 3.63) is 65.0 Å². The summed E-state index contributed by atoms with van der Waals surface area (Å²) in [6.45, 7) is 5.41. The number of benzene rings is 2. The molecule has 1 heterocycles. The van der Waals surface area contributed by atoms with Crippen LogP contribution in [-0.2, 0) is 21.3 Å². The van der Waals surface area contributed by atoms with Gasteiger partial charge in [-0.1, -0.05) is 18.2 Å². The molecule has 0 bridgehead atoms. The Kier molecular flexibility index (Phi) is 9.30. The largest absolute Gasteiger partial charge is 0.446 e. The molecule has 0 radical (unpaired) electrons. The second-order valence-corrected chi connectivity index (χ2v) is 13.7. The van der Waals surface area contributed by atoms with Crippen molar-refractivity contribution >= 4 is 39.2 Å². The molecule has 1 aliphatic rings. The molecule has 0 unspecified atom stereocenters. The zero-order valence-electron chi connectivity index (χ0n) is 23.1. The highest BCUT2D eigenvalue weighted by Crippen LogP contribution is 2.40. The average Bonchev–Trinajstić information content (AvgIpc) is 3.37. The molecule has 0 spiro atoms. The second kappa shape index (κ2) is 12.5. The molecule has 1 fully saturated rings. The van der Waals surface area contributed by atoms with Crippen LogP contribution in [0.5, 0.6) is 0 Å². The van der Waals surface area contributed by atoms with Gasteiger partial charge in [0.15, 0.2) is 0 Å². The Morgan fingerprint density at radius 1 is 1.10 bits per heavy atom. The number of carbonyl (C=O) groups excluding carboxylic acids is 2. The van der Waals surface area contributed by atoms with E-state index in [1.807, 2.05) is 0 Å². The van der Waals surface area contributed by atoms with Crippen molar-refractivity contribution < 1.29 is 27.1 Å². The normalized spacial score (nSPS) is 17.6. The van der Waals surface area contributed by atoms with Crippen LogP contribution in [0.3, 0.4) is 0 Å². The molecule has 10 nitrogen and oxygen atoms in total. The number of nitrogens with one attached hydrogen (secondary N) is 3. The summed E-state index contributed by atoms with van der Waals surface area (Å²) < 4.78 is 48.0. The van der Waals surface area contributed by atoms with Crippen molar-refractivity contribution in [2.75, 3.05) is 5.32 Å². The lowest BCUT2D eigenvalue weighted by molar-refractivity contribution is 0.0787. The number of sulfonamides is 1. The molecule has 3 aromatic rings. The van der Waals surface area contributed by atoms with E-state index in [-0.39, 0.29) is 35.0 Å². The van der Waals surface area contributed by atoms with Gasteiger partial charge in [0.05, 0.1) is 14.8 Å². The number of primary amides is 1. The molecule has 1 aliphatic carbocycles. The maximum Gasteiger partial charge on any atom is 0.404 e. The molecular weight excluding hydrogens is 569 g/mol. The lowest BCUT2D eigenvalue weighted by atomic mass is 9.88. The summed E-state index contributed by atoms with van der Waals surface area (Å²) in [5.74, 6) is -0.203. The van der Waals surface area contributed by atoms with Crippen LogP contribution < -0.4 is 21.1 Å². The summed E-state index contributed by atoms with van der Waals surface area (Å²) in [6.07, 6.45) is 3.61. The number of halogens is 1. The van der Waals surface area contributed by atoms with Gasteiger partial charge in [-0.3, -0.25) is 0 Å². The van der Waals surface area contributed by atoms with E-state index in [9.17, 15) is 22.4 Å². The summed E-state index contributed by atoms with van der Waals surface area (Å²) >= 11 is 1.42. The van der Waals surface area contributed by atoms with Crippen LogP contribution in [0.4, 0.5) is 19.7 Å². The number of hydrogen-bond donors (Lipinski definition) is 4. The van der Waals surface area contributed by atoms with E-state index in [0.29, 0.717) is 28.8 Å². The van der Waals surface area contributed by atoms with Crippen molar-refractivity contribution in [2.24, 2.45) is 5.73 Å². The second-order valence-electron chi connectivity index (χ2n) is 11.0. The summed E-state index contributed by atoms with van der Waals surface area (Å²) in [7, 11) is -3.99. The maximum atomic E-state index is 13.5. The number of carbonyl (C=O) groups is 2. The van der Waals surface area contributed by atoms with Crippen molar-refractivity contribution in [3.8, 4) is 10.4 Å². The van der Waals surface area contributed by atoms with E-state index >= 15 is 0 Å². The number of ether oxygens (including phenoxy) is 1. The first-order valence-corrected chi connectivity index (χ1v) is 15.5. The summed E-state index contributed by atoms with van der Waals surface area (Å²) in [5.41, 5.74) is 5.87. The van der Waals surface area contributed by atoms with Crippen LogP contribution in [-0.4, -0.2) is 37.2 Å². The van der Waals surface area contributed by atoms with Crippen LogP contribution in [0.1, 0.15) is 62.9 Å². The number of aromatic nitrogens is 1. The SMILES string of the molecule is CC(C)(C)NS(=O)(=O)c1cc(NC(=O)NCc2ccc(F)cc2)ccc1-c1cnc(C2CCC(OC(N)=O)CC2)s1. The zero-order valence-corrected chi connectivity index (χ0v) is 24.7. The minimum absolute atomic E-state index is 0.0116. The fourth-order valence-corrected chi connectivity index (χ4v) is 7.49. The molecule has 2 aromatic carbocycles. The first kappa shape index (κ1) is 30.4. The highest BCUT2D eigenvalue weighted by molar-refractivity contribution is 7.89. The van der Waals surface area contributed by atoms with E-state index in [4.69, 9.17) is 10.5 Å². The summed E-state index contributed by atoms with van der Waals surface area (Å²) in [4.78, 5) is 28.9. The van der Waals surface area contributed by atoms with Crippen molar-refractivity contribution in [2.45, 2.75) is 75.5 Å². The fraction of sp³-hybridized carbons (Fsp3) is 0.393. The van der Waals surface area contributed by atoms with Gasteiger partial charge in [0.2, 0.25) is 10.0 Å². The van der Waals surface area contributed by atoms with Gasteiger partial charge in [-0.05, 0) is 76.3 Å². The molecule has 5 N–H and O–H groups in total. The monoisotopic (exact) mass is 603 g/mol. The van der Waals surface area contributed by atoms with Crippen LogP contribution in [0.25, 0.3) is 10.4 Å².